The van der Waals surface area contributed by atoms with Gasteiger partial charge in [0, 0.05) is 0 Å². The standard InChI is InChI=1S/C10H17NO3/c1-3-14-10(13)8-4-5-11-9(6-8)7(2)12/h8-9,11H,3-6H2,1-2H3. The Balaban J connectivity index is 2.47. The summed E-state index contributed by atoms with van der Waals surface area (Å²) < 4.78 is 4.93. The highest BCUT2D eigenvalue weighted by Crippen LogP contribution is 2.18. The van der Waals surface area contributed by atoms with Crippen LogP contribution in [0.1, 0.15) is 26.7 Å². The molecule has 0 aromatic heterocycles. The summed E-state index contributed by atoms with van der Waals surface area (Å²) in [5.74, 6) is -0.177. The summed E-state index contributed by atoms with van der Waals surface area (Å²) in [7, 11) is 0. The Labute approximate surface area is 84.0 Å². The second-order valence-corrected chi connectivity index (χ2v) is 3.59. The average molecular weight is 199 g/mol. The smallest absolute Gasteiger partial charge is 0.309 e. The largest absolute Gasteiger partial charge is 0.466 e. The SMILES string of the molecule is CCOC(=O)C1CCNC(C(C)=O)C1. The van der Waals surface area contributed by atoms with Crippen LogP contribution in [0, 0.1) is 5.92 Å². The molecule has 1 saturated heterocycles. The lowest BCUT2D eigenvalue weighted by atomic mass is 9.91. The van der Waals surface area contributed by atoms with E-state index in [1.54, 1.807) is 13.8 Å². The normalized spacial score (nSPS) is 27.0. The minimum Gasteiger partial charge on any atom is -0.466 e. The number of ether oxygens (including phenoxy) is 1. The second kappa shape index (κ2) is 5.10. The predicted molar refractivity (Wildman–Crippen MR) is 51.8 cm³/mol. The minimum absolute atomic E-state index is 0.0963. The molecule has 4 nitrogen and oxygen atoms in total. The van der Waals surface area contributed by atoms with E-state index >= 15 is 0 Å². The van der Waals surface area contributed by atoms with Crippen molar-refractivity contribution in [1.82, 2.24) is 5.32 Å². The first-order valence-electron chi connectivity index (χ1n) is 5.05. The van der Waals surface area contributed by atoms with E-state index < -0.39 is 0 Å². The number of hydrogen-bond acceptors (Lipinski definition) is 4. The summed E-state index contributed by atoms with van der Waals surface area (Å²) >= 11 is 0. The molecule has 1 heterocycles. The van der Waals surface area contributed by atoms with Crippen LogP contribution in [0.15, 0.2) is 0 Å². The molecule has 0 amide bonds. The van der Waals surface area contributed by atoms with Crippen molar-refractivity contribution in [3.63, 3.8) is 0 Å². The third kappa shape index (κ3) is 2.80. The quantitative estimate of drug-likeness (QED) is 0.673. The van der Waals surface area contributed by atoms with Gasteiger partial charge in [-0.05, 0) is 33.2 Å². The molecule has 14 heavy (non-hydrogen) atoms. The average Bonchev–Trinajstić information content (AvgIpc) is 2.18. The first kappa shape index (κ1) is 11.2. The maximum Gasteiger partial charge on any atom is 0.309 e. The van der Waals surface area contributed by atoms with Gasteiger partial charge in [0.25, 0.3) is 0 Å². The molecule has 1 N–H and O–H groups in total. The summed E-state index contributed by atoms with van der Waals surface area (Å²) in [6, 6.07) is -0.168. The van der Waals surface area contributed by atoms with Crippen molar-refractivity contribution >= 4 is 11.8 Å². The topological polar surface area (TPSA) is 55.4 Å². The van der Waals surface area contributed by atoms with Gasteiger partial charge >= 0.3 is 5.97 Å². The number of esters is 1. The van der Waals surface area contributed by atoms with Crippen LogP contribution < -0.4 is 5.32 Å². The molecule has 0 spiro atoms. The van der Waals surface area contributed by atoms with Crippen molar-refractivity contribution in [2.24, 2.45) is 5.92 Å². The van der Waals surface area contributed by atoms with Gasteiger partial charge < -0.3 is 10.1 Å². The molecule has 0 radical (unpaired) electrons. The third-order valence-corrected chi connectivity index (χ3v) is 2.51. The van der Waals surface area contributed by atoms with E-state index in [1.807, 2.05) is 0 Å². The van der Waals surface area contributed by atoms with Gasteiger partial charge in [-0.3, -0.25) is 9.59 Å². The molecule has 2 unspecified atom stereocenters. The highest BCUT2D eigenvalue weighted by molar-refractivity contribution is 5.83. The molecule has 0 aliphatic carbocycles. The van der Waals surface area contributed by atoms with Crippen LogP contribution >= 0.6 is 0 Å². The van der Waals surface area contributed by atoms with Crippen LogP contribution in [-0.4, -0.2) is 30.9 Å². The van der Waals surface area contributed by atoms with Crippen molar-refractivity contribution in [2.45, 2.75) is 32.7 Å². The third-order valence-electron chi connectivity index (χ3n) is 2.51. The van der Waals surface area contributed by atoms with Crippen LogP contribution in [0.4, 0.5) is 0 Å². The fourth-order valence-electron chi connectivity index (χ4n) is 1.70. The molecule has 1 aliphatic rings. The Morgan fingerprint density at radius 1 is 1.50 bits per heavy atom. The Morgan fingerprint density at radius 2 is 2.21 bits per heavy atom. The van der Waals surface area contributed by atoms with Crippen LogP contribution in [0.3, 0.4) is 0 Å². The maximum atomic E-state index is 11.4. The van der Waals surface area contributed by atoms with Crippen molar-refractivity contribution in [2.75, 3.05) is 13.2 Å². The van der Waals surface area contributed by atoms with Crippen LogP contribution in [0.25, 0.3) is 0 Å². The van der Waals surface area contributed by atoms with E-state index in [1.165, 1.54) is 0 Å². The van der Waals surface area contributed by atoms with E-state index in [0.29, 0.717) is 19.6 Å². The summed E-state index contributed by atoms with van der Waals surface area (Å²) in [5.41, 5.74) is 0. The molecule has 0 bridgehead atoms. The van der Waals surface area contributed by atoms with Crippen molar-refractivity contribution in [3.05, 3.63) is 0 Å². The van der Waals surface area contributed by atoms with Crippen LogP contribution in [0.5, 0.6) is 0 Å². The Hall–Kier alpha value is -0.900. The predicted octanol–water partition coefficient (Wildman–Crippen LogP) is 0.507. The van der Waals surface area contributed by atoms with Gasteiger partial charge in [0.2, 0.25) is 0 Å². The number of ketones is 1. The number of nitrogens with one attached hydrogen (secondary N) is 1. The van der Waals surface area contributed by atoms with Gasteiger partial charge in [0.1, 0.15) is 5.78 Å². The van der Waals surface area contributed by atoms with E-state index in [-0.39, 0.29) is 23.7 Å². The van der Waals surface area contributed by atoms with Crippen molar-refractivity contribution < 1.29 is 14.3 Å². The number of carbonyl (C=O) groups is 2. The highest BCUT2D eigenvalue weighted by atomic mass is 16.5. The molecule has 2 atom stereocenters. The molecule has 1 aliphatic heterocycles. The van der Waals surface area contributed by atoms with Gasteiger partial charge in [-0.15, -0.1) is 0 Å². The fraction of sp³-hybridized carbons (Fsp3) is 0.800. The Kier molecular flexibility index (Phi) is 4.07. The van der Waals surface area contributed by atoms with E-state index in [2.05, 4.69) is 5.32 Å². The van der Waals surface area contributed by atoms with Crippen LogP contribution in [-0.2, 0) is 14.3 Å². The summed E-state index contributed by atoms with van der Waals surface area (Å²) in [6.07, 6.45) is 1.34. The summed E-state index contributed by atoms with van der Waals surface area (Å²) in [4.78, 5) is 22.5. The van der Waals surface area contributed by atoms with Gasteiger partial charge in [0.15, 0.2) is 0 Å². The molecule has 4 heteroatoms. The molecule has 1 fully saturated rings. The first-order valence-corrected chi connectivity index (χ1v) is 5.05. The second-order valence-electron chi connectivity index (χ2n) is 3.59. The number of piperidine rings is 1. The van der Waals surface area contributed by atoms with Crippen molar-refractivity contribution in [3.8, 4) is 0 Å². The van der Waals surface area contributed by atoms with E-state index in [4.69, 9.17) is 4.74 Å². The molecule has 1 rings (SSSR count). The summed E-state index contributed by atoms with van der Waals surface area (Å²) in [5, 5.41) is 3.09. The molecule has 0 aromatic rings. The summed E-state index contributed by atoms with van der Waals surface area (Å²) in [6.45, 7) is 4.47. The van der Waals surface area contributed by atoms with E-state index in [9.17, 15) is 9.59 Å². The van der Waals surface area contributed by atoms with Crippen molar-refractivity contribution in [1.29, 1.82) is 0 Å². The fourth-order valence-corrected chi connectivity index (χ4v) is 1.70. The van der Waals surface area contributed by atoms with Gasteiger partial charge in [-0.25, -0.2) is 0 Å². The number of hydrogen-bond donors (Lipinski definition) is 1. The van der Waals surface area contributed by atoms with Gasteiger partial charge in [0.05, 0.1) is 18.6 Å². The lowest BCUT2D eigenvalue weighted by Gasteiger charge is -2.27. The van der Waals surface area contributed by atoms with Crippen LogP contribution in [0.2, 0.25) is 0 Å². The lowest BCUT2D eigenvalue weighted by Crippen LogP contribution is -2.44. The zero-order valence-electron chi connectivity index (χ0n) is 8.71. The zero-order chi connectivity index (χ0) is 10.6. The monoisotopic (exact) mass is 199 g/mol. The molecular formula is C10H17NO3. The highest BCUT2D eigenvalue weighted by Gasteiger charge is 2.29. The number of Topliss-reactive ketones (excluding diaryl/α,β-unsaturated/α-hetero) is 1. The van der Waals surface area contributed by atoms with Gasteiger partial charge in [-0.1, -0.05) is 0 Å². The zero-order valence-corrected chi connectivity index (χ0v) is 8.71. The minimum atomic E-state index is -0.168. The Bertz CT molecular complexity index is 227. The molecule has 0 saturated carbocycles. The molecular weight excluding hydrogens is 182 g/mol. The maximum absolute atomic E-state index is 11.4. The number of rotatable bonds is 3. The number of carbonyl (C=O) groups excluding carboxylic acids is 2. The molecule has 0 aromatic carbocycles. The Morgan fingerprint density at radius 3 is 2.79 bits per heavy atom. The molecule has 80 valence electrons. The first-order chi connectivity index (χ1) is 6.65. The van der Waals surface area contributed by atoms with Gasteiger partial charge in [-0.2, -0.15) is 0 Å². The lowest BCUT2D eigenvalue weighted by molar-refractivity contribution is -0.149. The van der Waals surface area contributed by atoms with E-state index in [0.717, 1.165) is 6.42 Å².